The highest BCUT2D eigenvalue weighted by molar-refractivity contribution is 8.00. The molecule has 0 atom stereocenters. The summed E-state index contributed by atoms with van der Waals surface area (Å²) in [5.41, 5.74) is 4.08. The Balaban J connectivity index is 1.40. The Hall–Kier alpha value is -2.38. The van der Waals surface area contributed by atoms with Crippen molar-refractivity contribution in [3.8, 4) is 0 Å². The minimum absolute atomic E-state index is 0.0809. The lowest BCUT2D eigenvalue weighted by atomic mass is 10.1. The fourth-order valence-electron chi connectivity index (χ4n) is 3.89. The number of carbonyl (C=O) groups is 1. The molecular formula is C24H27N3O2S2. The summed E-state index contributed by atoms with van der Waals surface area (Å²) in [5, 5.41) is 5.69. The average molecular weight is 454 g/mol. The van der Waals surface area contributed by atoms with Crippen LogP contribution >= 0.6 is 23.1 Å². The highest BCUT2D eigenvalue weighted by Crippen LogP contribution is 2.30. The minimum Gasteiger partial charge on any atom is -0.325 e. The van der Waals surface area contributed by atoms with E-state index in [1.807, 2.05) is 29.6 Å². The van der Waals surface area contributed by atoms with Gasteiger partial charge in [0.25, 0.3) is 0 Å². The monoisotopic (exact) mass is 453 g/mol. The van der Waals surface area contributed by atoms with Gasteiger partial charge in [0, 0.05) is 21.8 Å². The second-order valence-corrected chi connectivity index (χ2v) is 9.78. The number of aryl methyl sites for hydroxylation is 1. The van der Waals surface area contributed by atoms with Gasteiger partial charge in [-0.2, -0.15) is 4.98 Å². The van der Waals surface area contributed by atoms with Gasteiger partial charge in [0.1, 0.15) is 5.03 Å². The van der Waals surface area contributed by atoms with Crippen molar-refractivity contribution in [2.45, 2.75) is 57.0 Å². The Bertz CT molecular complexity index is 1090. The molecule has 7 heteroatoms. The highest BCUT2D eigenvalue weighted by atomic mass is 32.2. The molecule has 4 rings (SSSR count). The van der Waals surface area contributed by atoms with Gasteiger partial charge in [-0.3, -0.25) is 9.36 Å². The zero-order chi connectivity index (χ0) is 21.6. The van der Waals surface area contributed by atoms with Crippen LogP contribution in [0.15, 0.2) is 51.6 Å². The number of hydrogen-bond acceptors (Lipinski definition) is 5. The number of thiophene rings is 1. The zero-order valence-electron chi connectivity index (χ0n) is 17.7. The number of benzene rings is 1. The molecule has 1 N–H and O–H groups in total. The van der Waals surface area contributed by atoms with E-state index >= 15 is 0 Å². The molecule has 2 aromatic heterocycles. The van der Waals surface area contributed by atoms with Crippen LogP contribution in [-0.4, -0.2) is 21.2 Å². The largest absolute Gasteiger partial charge is 0.349 e. The van der Waals surface area contributed by atoms with E-state index in [-0.39, 0.29) is 17.3 Å². The van der Waals surface area contributed by atoms with Crippen LogP contribution in [-0.2, 0) is 30.6 Å². The van der Waals surface area contributed by atoms with E-state index in [1.165, 1.54) is 30.2 Å². The average Bonchev–Trinajstić information content (AvgIpc) is 3.46. The summed E-state index contributed by atoms with van der Waals surface area (Å²) in [6.45, 7) is 2.76. The molecule has 0 radical (unpaired) electrons. The molecule has 0 aliphatic heterocycles. The Morgan fingerprint density at radius 2 is 2.06 bits per heavy atom. The molecule has 2 heterocycles. The molecule has 0 saturated carbocycles. The molecule has 0 bridgehead atoms. The number of hydrogen-bond donors (Lipinski definition) is 1. The molecule has 162 valence electrons. The fraction of sp³-hybridized carbons (Fsp3) is 0.375. The summed E-state index contributed by atoms with van der Waals surface area (Å²) in [6, 6.07) is 12.1. The van der Waals surface area contributed by atoms with Gasteiger partial charge in [-0.15, -0.1) is 11.3 Å². The molecule has 31 heavy (non-hydrogen) atoms. The van der Waals surface area contributed by atoms with E-state index in [4.69, 9.17) is 0 Å². The van der Waals surface area contributed by atoms with Crippen LogP contribution < -0.4 is 11.0 Å². The molecule has 0 spiro atoms. The third-order valence-corrected chi connectivity index (χ3v) is 7.37. The Morgan fingerprint density at radius 1 is 1.23 bits per heavy atom. The number of thioether (sulfide) groups is 1. The van der Waals surface area contributed by atoms with Gasteiger partial charge in [0.05, 0.1) is 12.3 Å². The van der Waals surface area contributed by atoms with Gasteiger partial charge < -0.3 is 5.32 Å². The predicted molar refractivity (Wildman–Crippen MR) is 128 cm³/mol. The first kappa shape index (κ1) is 21.8. The Kier molecular flexibility index (Phi) is 7.25. The van der Waals surface area contributed by atoms with E-state index in [9.17, 15) is 9.59 Å². The topological polar surface area (TPSA) is 64.0 Å². The third-order valence-electron chi connectivity index (χ3n) is 5.49. The molecule has 1 aliphatic rings. The molecule has 0 saturated heterocycles. The van der Waals surface area contributed by atoms with Crippen molar-refractivity contribution in [3.63, 3.8) is 0 Å². The number of unbranched alkanes of at least 4 members (excludes halogenated alkanes) is 1. The van der Waals surface area contributed by atoms with Crippen molar-refractivity contribution in [1.29, 1.82) is 0 Å². The summed E-state index contributed by atoms with van der Waals surface area (Å²) in [6.07, 6.45) is 6.24. The van der Waals surface area contributed by atoms with Crippen LogP contribution in [0, 0.1) is 0 Å². The smallest absolute Gasteiger partial charge is 0.325 e. The molecule has 5 nitrogen and oxygen atoms in total. The van der Waals surface area contributed by atoms with Gasteiger partial charge >= 0.3 is 5.69 Å². The number of fused-ring (bicyclic) bond motifs is 1. The second kappa shape index (κ2) is 10.3. The number of carbonyl (C=O) groups excluding carboxylic acids is 1. The molecule has 3 aromatic rings. The van der Waals surface area contributed by atoms with Crippen molar-refractivity contribution in [3.05, 3.63) is 74.0 Å². The minimum atomic E-state index is -0.223. The van der Waals surface area contributed by atoms with Gasteiger partial charge in [-0.05, 0) is 61.2 Å². The Labute approximate surface area is 190 Å². The highest BCUT2D eigenvalue weighted by Gasteiger charge is 2.22. The summed E-state index contributed by atoms with van der Waals surface area (Å²) in [4.78, 5) is 30.7. The van der Waals surface area contributed by atoms with Gasteiger partial charge in [-0.25, -0.2) is 4.79 Å². The quantitative estimate of drug-likeness (QED) is 0.369. The van der Waals surface area contributed by atoms with Gasteiger partial charge in [0.2, 0.25) is 5.91 Å². The lowest BCUT2D eigenvalue weighted by molar-refractivity contribution is -0.113. The first-order chi connectivity index (χ1) is 15.1. The zero-order valence-corrected chi connectivity index (χ0v) is 19.4. The van der Waals surface area contributed by atoms with E-state index in [0.29, 0.717) is 11.6 Å². The standard InChI is InChI=1S/C24H27N3O2S2/c1-2-3-6-17-10-12-18(13-11-17)25-22(28)16-31-23-20-8-4-9-21(20)27(24(29)26-23)15-19-7-5-14-30-19/h5,7,10-14H,2-4,6,8-9,15-16H2,1H3,(H,25,28). The number of nitrogens with one attached hydrogen (secondary N) is 1. The number of anilines is 1. The fourth-order valence-corrected chi connectivity index (χ4v) is 5.46. The summed E-state index contributed by atoms with van der Waals surface area (Å²) in [7, 11) is 0. The maximum Gasteiger partial charge on any atom is 0.349 e. The maximum atomic E-state index is 12.7. The van der Waals surface area contributed by atoms with E-state index in [2.05, 4.69) is 29.4 Å². The summed E-state index contributed by atoms with van der Waals surface area (Å²) < 4.78 is 1.80. The van der Waals surface area contributed by atoms with Crippen LogP contribution in [0.2, 0.25) is 0 Å². The molecule has 1 aliphatic carbocycles. The first-order valence-corrected chi connectivity index (χ1v) is 12.7. The van der Waals surface area contributed by atoms with Crippen LogP contribution in [0.1, 0.15) is 47.9 Å². The van der Waals surface area contributed by atoms with Crippen LogP contribution in [0.25, 0.3) is 0 Å². The number of amides is 1. The molecular weight excluding hydrogens is 426 g/mol. The molecule has 1 amide bonds. The lowest BCUT2D eigenvalue weighted by Gasteiger charge is -2.13. The van der Waals surface area contributed by atoms with E-state index in [1.54, 1.807) is 15.9 Å². The number of nitrogens with zero attached hydrogens (tertiary/aromatic N) is 2. The molecule has 0 unspecified atom stereocenters. The van der Waals surface area contributed by atoms with Crippen LogP contribution in [0.5, 0.6) is 0 Å². The Morgan fingerprint density at radius 3 is 2.81 bits per heavy atom. The third kappa shape index (κ3) is 5.46. The lowest BCUT2D eigenvalue weighted by Crippen LogP contribution is -2.27. The summed E-state index contributed by atoms with van der Waals surface area (Å²) >= 11 is 3.01. The normalized spacial score (nSPS) is 12.7. The van der Waals surface area contributed by atoms with Gasteiger partial charge in [0.15, 0.2) is 0 Å². The maximum absolute atomic E-state index is 12.7. The van der Waals surface area contributed by atoms with Crippen molar-refractivity contribution in [1.82, 2.24) is 9.55 Å². The van der Waals surface area contributed by atoms with Crippen molar-refractivity contribution >= 4 is 34.7 Å². The molecule has 0 fully saturated rings. The molecule has 1 aromatic carbocycles. The van der Waals surface area contributed by atoms with Crippen molar-refractivity contribution in [2.24, 2.45) is 0 Å². The second-order valence-electron chi connectivity index (χ2n) is 7.78. The SMILES string of the molecule is CCCCc1ccc(NC(=O)CSc2nc(=O)n(Cc3cccs3)c3c2CCC3)cc1. The van der Waals surface area contributed by atoms with Gasteiger partial charge in [-0.1, -0.05) is 43.3 Å². The van der Waals surface area contributed by atoms with Crippen molar-refractivity contribution in [2.75, 3.05) is 11.1 Å². The number of rotatable bonds is 9. The van der Waals surface area contributed by atoms with Crippen molar-refractivity contribution < 1.29 is 4.79 Å². The predicted octanol–water partition coefficient (Wildman–Crippen LogP) is 4.92. The van der Waals surface area contributed by atoms with E-state index < -0.39 is 0 Å². The first-order valence-electron chi connectivity index (χ1n) is 10.8. The van der Waals surface area contributed by atoms with Crippen LogP contribution in [0.4, 0.5) is 5.69 Å². The summed E-state index contributed by atoms with van der Waals surface area (Å²) in [5.74, 6) is 0.161. The number of aromatic nitrogens is 2. The van der Waals surface area contributed by atoms with Crippen LogP contribution in [0.3, 0.4) is 0 Å². The van der Waals surface area contributed by atoms with E-state index in [0.717, 1.165) is 47.5 Å².